The first kappa shape index (κ1) is 10.4. The average molecular weight is 187 g/mol. The summed E-state index contributed by atoms with van der Waals surface area (Å²) in [6, 6.07) is 0. The van der Waals surface area contributed by atoms with Crippen LogP contribution in [0.2, 0.25) is 0 Å². The smallest absolute Gasteiger partial charge is 0.237 e. The molecule has 1 aliphatic rings. The van der Waals surface area contributed by atoms with Gasteiger partial charge in [-0.1, -0.05) is 0 Å². The Bertz CT molecular complexity index is 167. The molecule has 0 atom stereocenters. The van der Waals surface area contributed by atoms with Gasteiger partial charge in [0, 0.05) is 27.2 Å². The molecule has 0 aromatic heterocycles. The maximum absolute atomic E-state index is 11.2. The average Bonchev–Trinajstić information content (AvgIpc) is 2.15. The minimum Gasteiger partial charge on any atom is -0.379 e. The van der Waals surface area contributed by atoms with Crippen molar-refractivity contribution in [3.05, 3.63) is 0 Å². The number of carbonyl (C=O) groups excluding carboxylic acids is 1. The molecule has 0 bridgehead atoms. The van der Waals surface area contributed by atoms with E-state index < -0.39 is 0 Å². The van der Waals surface area contributed by atoms with E-state index in [4.69, 9.17) is 4.74 Å². The quantitative estimate of drug-likeness (QED) is 0.610. The van der Waals surface area contributed by atoms with E-state index in [1.807, 2.05) is 5.01 Å². The number of amides is 1. The molecule has 13 heavy (non-hydrogen) atoms. The van der Waals surface area contributed by atoms with Gasteiger partial charge in [0.25, 0.3) is 0 Å². The first-order chi connectivity index (χ1) is 6.20. The van der Waals surface area contributed by atoms with Gasteiger partial charge in [0.15, 0.2) is 0 Å². The normalized spacial score (nSPS) is 18.6. The Morgan fingerprint density at radius 2 is 2.08 bits per heavy atom. The third-order valence-electron chi connectivity index (χ3n) is 1.96. The summed E-state index contributed by atoms with van der Waals surface area (Å²) in [5, 5.41) is 2.02. The van der Waals surface area contributed by atoms with Gasteiger partial charge < -0.3 is 9.64 Å². The fraction of sp³-hybridized carbons (Fsp3) is 0.875. The summed E-state index contributed by atoms with van der Waals surface area (Å²) in [6.45, 7) is 3.54. The summed E-state index contributed by atoms with van der Waals surface area (Å²) in [4.78, 5) is 12.8. The second-order valence-electron chi connectivity index (χ2n) is 3.22. The summed E-state index contributed by atoms with van der Waals surface area (Å²) < 4.78 is 5.18. The SMILES string of the molecule is CN(C)C(=O)CNN1CCOCC1. The zero-order chi connectivity index (χ0) is 9.68. The first-order valence-electron chi connectivity index (χ1n) is 4.46. The summed E-state index contributed by atoms with van der Waals surface area (Å²) in [5.41, 5.74) is 3.06. The van der Waals surface area contributed by atoms with E-state index in [0.29, 0.717) is 6.54 Å². The zero-order valence-electron chi connectivity index (χ0n) is 8.25. The highest BCUT2D eigenvalue weighted by Gasteiger charge is 2.11. The van der Waals surface area contributed by atoms with Crippen LogP contribution in [-0.2, 0) is 9.53 Å². The molecule has 0 aliphatic carbocycles. The van der Waals surface area contributed by atoms with Gasteiger partial charge in [-0.2, -0.15) is 0 Å². The van der Waals surface area contributed by atoms with Crippen LogP contribution in [0.1, 0.15) is 0 Å². The van der Waals surface area contributed by atoms with Crippen LogP contribution in [0.4, 0.5) is 0 Å². The van der Waals surface area contributed by atoms with Gasteiger partial charge in [0.1, 0.15) is 0 Å². The highest BCUT2D eigenvalue weighted by atomic mass is 16.5. The molecule has 0 radical (unpaired) electrons. The van der Waals surface area contributed by atoms with Crippen LogP contribution in [0.3, 0.4) is 0 Å². The zero-order valence-corrected chi connectivity index (χ0v) is 8.25. The molecule has 1 amide bonds. The molecule has 1 heterocycles. The Kier molecular flexibility index (Phi) is 4.14. The second-order valence-corrected chi connectivity index (χ2v) is 3.22. The van der Waals surface area contributed by atoms with Crippen LogP contribution in [0.15, 0.2) is 0 Å². The Morgan fingerprint density at radius 3 is 2.62 bits per heavy atom. The Hall–Kier alpha value is -0.650. The number of carbonyl (C=O) groups is 1. The highest BCUT2D eigenvalue weighted by Crippen LogP contribution is 1.91. The van der Waals surface area contributed by atoms with Crippen LogP contribution in [0, 0.1) is 0 Å². The Labute approximate surface area is 78.6 Å². The van der Waals surface area contributed by atoms with Gasteiger partial charge in [0.2, 0.25) is 5.91 Å². The lowest BCUT2D eigenvalue weighted by atomic mass is 10.5. The number of likely N-dealkylation sites (N-methyl/N-ethyl adjacent to an activating group) is 1. The highest BCUT2D eigenvalue weighted by molar-refractivity contribution is 5.77. The second kappa shape index (κ2) is 5.16. The third-order valence-corrected chi connectivity index (χ3v) is 1.96. The molecule has 1 aliphatic heterocycles. The lowest BCUT2D eigenvalue weighted by molar-refractivity contribution is -0.129. The first-order valence-corrected chi connectivity index (χ1v) is 4.46. The van der Waals surface area contributed by atoms with E-state index in [1.54, 1.807) is 19.0 Å². The third kappa shape index (κ3) is 3.71. The molecule has 0 aromatic rings. The van der Waals surface area contributed by atoms with Crippen molar-refractivity contribution in [2.24, 2.45) is 0 Å². The minimum absolute atomic E-state index is 0.0893. The van der Waals surface area contributed by atoms with E-state index in [2.05, 4.69) is 5.43 Å². The topological polar surface area (TPSA) is 44.8 Å². The van der Waals surface area contributed by atoms with Crippen LogP contribution in [0.5, 0.6) is 0 Å². The summed E-state index contributed by atoms with van der Waals surface area (Å²) in [5.74, 6) is 0.0893. The molecule has 76 valence electrons. The number of nitrogens with one attached hydrogen (secondary N) is 1. The lowest BCUT2D eigenvalue weighted by Crippen LogP contribution is -2.49. The molecule has 5 heteroatoms. The van der Waals surface area contributed by atoms with E-state index >= 15 is 0 Å². The van der Waals surface area contributed by atoms with E-state index in [0.717, 1.165) is 26.3 Å². The van der Waals surface area contributed by atoms with Crippen molar-refractivity contribution in [2.75, 3.05) is 46.9 Å². The molecule has 0 aromatic carbocycles. The number of hydrogen-bond acceptors (Lipinski definition) is 4. The maximum Gasteiger partial charge on any atom is 0.237 e. The van der Waals surface area contributed by atoms with Crippen molar-refractivity contribution in [3.63, 3.8) is 0 Å². The van der Waals surface area contributed by atoms with Crippen molar-refractivity contribution >= 4 is 5.91 Å². The van der Waals surface area contributed by atoms with Gasteiger partial charge in [-0.3, -0.25) is 4.79 Å². The summed E-state index contributed by atoms with van der Waals surface area (Å²) in [7, 11) is 3.51. The largest absolute Gasteiger partial charge is 0.379 e. The number of rotatable bonds is 3. The van der Waals surface area contributed by atoms with Gasteiger partial charge in [-0.05, 0) is 0 Å². The predicted octanol–water partition coefficient (Wildman–Crippen LogP) is -1.09. The predicted molar refractivity (Wildman–Crippen MR) is 49.1 cm³/mol. The number of nitrogens with zero attached hydrogens (tertiary/aromatic N) is 2. The van der Waals surface area contributed by atoms with Gasteiger partial charge in [0.05, 0.1) is 19.8 Å². The molecule has 1 fully saturated rings. The van der Waals surface area contributed by atoms with Crippen molar-refractivity contribution in [1.82, 2.24) is 15.3 Å². The molecular formula is C8H17N3O2. The van der Waals surface area contributed by atoms with Gasteiger partial charge in [-0.25, -0.2) is 10.4 Å². The van der Waals surface area contributed by atoms with Crippen molar-refractivity contribution in [1.29, 1.82) is 0 Å². The fourth-order valence-electron chi connectivity index (χ4n) is 1.06. The van der Waals surface area contributed by atoms with Crippen molar-refractivity contribution in [2.45, 2.75) is 0 Å². The summed E-state index contributed by atoms with van der Waals surface area (Å²) >= 11 is 0. The fourth-order valence-corrected chi connectivity index (χ4v) is 1.06. The molecule has 0 spiro atoms. The van der Waals surface area contributed by atoms with E-state index in [1.165, 1.54) is 0 Å². The monoisotopic (exact) mass is 187 g/mol. The van der Waals surface area contributed by atoms with Crippen LogP contribution < -0.4 is 5.43 Å². The van der Waals surface area contributed by atoms with Gasteiger partial charge in [-0.15, -0.1) is 0 Å². The van der Waals surface area contributed by atoms with Gasteiger partial charge >= 0.3 is 0 Å². The number of hydrazine groups is 1. The number of ether oxygens (including phenoxy) is 1. The maximum atomic E-state index is 11.2. The van der Waals surface area contributed by atoms with Crippen LogP contribution in [0.25, 0.3) is 0 Å². The van der Waals surface area contributed by atoms with Crippen LogP contribution >= 0.6 is 0 Å². The van der Waals surface area contributed by atoms with Crippen molar-refractivity contribution < 1.29 is 9.53 Å². The molecule has 1 saturated heterocycles. The summed E-state index contributed by atoms with van der Waals surface area (Å²) in [6.07, 6.45) is 0. The molecular weight excluding hydrogens is 170 g/mol. The number of morpholine rings is 1. The molecule has 0 saturated carbocycles. The molecule has 5 nitrogen and oxygen atoms in total. The minimum atomic E-state index is 0.0893. The molecule has 1 rings (SSSR count). The van der Waals surface area contributed by atoms with Crippen LogP contribution in [-0.4, -0.2) is 62.8 Å². The lowest BCUT2D eigenvalue weighted by Gasteiger charge is -2.27. The van der Waals surface area contributed by atoms with E-state index in [9.17, 15) is 4.79 Å². The van der Waals surface area contributed by atoms with E-state index in [-0.39, 0.29) is 5.91 Å². The Balaban J connectivity index is 2.13. The molecule has 1 N–H and O–H groups in total. The molecule has 0 unspecified atom stereocenters. The standard InChI is InChI=1S/C8H17N3O2/c1-10(2)8(12)7-9-11-3-5-13-6-4-11/h9H,3-7H2,1-2H3. The Morgan fingerprint density at radius 1 is 1.46 bits per heavy atom. The van der Waals surface area contributed by atoms with Crippen molar-refractivity contribution in [3.8, 4) is 0 Å². The number of hydrogen-bond donors (Lipinski definition) is 1.